The van der Waals surface area contributed by atoms with Crippen molar-refractivity contribution in [2.24, 2.45) is 51.9 Å². The third kappa shape index (κ3) is 10.7. The number of aliphatic hydroxyl groups is 2. The molecule has 338 valence electrons. The smallest absolute Gasteiger partial charge is 0.323 e. The Bertz CT molecular complexity index is 1660. The number of anilines is 1. The molecule has 0 bridgehead atoms. The van der Waals surface area contributed by atoms with Crippen LogP contribution in [-0.2, 0) is 28.6 Å². The van der Waals surface area contributed by atoms with Crippen LogP contribution in [-0.4, -0.2) is 103 Å². The van der Waals surface area contributed by atoms with Gasteiger partial charge in [-0.1, -0.05) is 46.5 Å². The molecule has 3 amide bonds. The van der Waals surface area contributed by atoms with Crippen molar-refractivity contribution in [2.45, 2.75) is 141 Å². The van der Waals surface area contributed by atoms with Gasteiger partial charge in [-0.2, -0.15) is 0 Å². The van der Waals surface area contributed by atoms with Gasteiger partial charge >= 0.3 is 5.97 Å². The Hall–Kier alpha value is -3.50. The average molecular weight is 845 g/mol. The van der Waals surface area contributed by atoms with Gasteiger partial charge in [0.05, 0.1) is 50.7 Å². The number of unbranched alkanes of at least 4 members (excludes halogenated alkanes) is 3. The summed E-state index contributed by atoms with van der Waals surface area (Å²) in [5.74, 6) is -1.51. The Balaban J connectivity index is 1.06. The van der Waals surface area contributed by atoms with Gasteiger partial charge in [0, 0.05) is 12.5 Å². The van der Waals surface area contributed by atoms with E-state index < -0.39 is 53.3 Å². The third-order valence-electron chi connectivity index (χ3n) is 14.9. The van der Waals surface area contributed by atoms with Crippen molar-refractivity contribution in [3.63, 3.8) is 0 Å². The number of rotatable bonds is 21. The quantitative estimate of drug-likeness (QED) is 0.0512. The molecule has 0 spiro atoms. The topological polar surface area (TPSA) is 242 Å². The lowest BCUT2D eigenvalue weighted by molar-refractivity contribution is -0.198. The standard InChI is InChI=1S/C45H72N4O11/c1-6-7-8-9-16-45(4,56)36-13-10-29-28-24-35(31-23-27(50)14-17-43(31,2)30(28)15-18-44(29,36)3)60-42(55)32(46)25-37(51)48-19-20-58-21-22-59-26-38(52)49-33-11-12-34(57-5)39(40(33)53)41(47)54/h11-12,27-32,35-36,50,53,56H,6-10,13-26,46H2,1-5H3,(H2,47,54)(H,48,51)(H,49,52). The predicted octanol–water partition coefficient (Wildman–Crippen LogP) is 4.57. The highest BCUT2D eigenvalue weighted by molar-refractivity contribution is 6.02. The second kappa shape index (κ2) is 20.6. The predicted molar refractivity (Wildman–Crippen MR) is 225 cm³/mol. The minimum atomic E-state index is -1.15. The molecule has 5 rings (SSSR count). The summed E-state index contributed by atoms with van der Waals surface area (Å²) in [5.41, 5.74) is 10.5. The van der Waals surface area contributed by atoms with Gasteiger partial charge in [-0.05, 0) is 111 Å². The highest BCUT2D eigenvalue weighted by atomic mass is 16.5. The van der Waals surface area contributed by atoms with Gasteiger partial charge in [-0.3, -0.25) is 19.2 Å². The highest BCUT2D eigenvalue weighted by Crippen LogP contribution is 2.69. The van der Waals surface area contributed by atoms with E-state index in [2.05, 4.69) is 38.3 Å². The Morgan fingerprint density at radius 3 is 2.37 bits per heavy atom. The molecule has 1 aromatic rings. The molecule has 4 aliphatic rings. The van der Waals surface area contributed by atoms with Crippen LogP contribution < -0.4 is 26.8 Å². The van der Waals surface area contributed by atoms with Crippen LogP contribution in [0.25, 0.3) is 0 Å². The zero-order valence-corrected chi connectivity index (χ0v) is 36.5. The first-order valence-corrected chi connectivity index (χ1v) is 22.2. The molecule has 0 heterocycles. The first-order valence-electron chi connectivity index (χ1n) is 22.2. The minimum Gasteiger partial charge on any atom is -0.505 e. The number of fused-ring (bicyclic) bond motifs is 5. The van der Waals surface area contributed by atoms with Gasteiger partial charge in [0.15, 0.2) is 5.75 Å². The fourth-order valence-corrected chi connectivity index (χ4v) is 12.0. The monoisotopic (exact) mass is 845 g/mol. The summed E-state index contributed by atoms with van der Waals surface area (Å²) < 4.78 is 22.1. The molecule has 15 heteroatoms. The van der Waals surface area contributed by atoms with E-state index in [4.69, 9.17) is 30.4 Å². The number of ether oxygens (including phenoxy) is 4. The number of amides is 3. The van der Waals surface area contributed by atoms with Crippen molar-refractivity contribution in [2.75, 3.05) is 45.4 Å². The number of hydrogen-bond donors (Lipinski definition) is 7. The molecule has 0 radical (unpaired) electrons. The molecule has 1 aromatic carbocycles. The van der Waals surface area contributed by atoms with E-state index >= 15 is 0 Å². The van der Waals surface area contributed by atoms with Gasteiger partial charge in [-0.25, -0.2) is 0 Å². The van der Waals surface area contributed by atoms with Crippen LogP contribution in [0.2, 0.25) is 0 Å². The SMILES string of the molecule is CCCCCCC(C)(O)C1CCC2C3CC(OC(=O)C(N)CC(=O)NCCOCCOCC(=O)Nc4ccc(OC)c(C(N)=O)c4O)C4CC(O)CCC4(C)C3CCC21C. The molecule has 0 aliphatic heterocycles. The van der Waals surface area contributed by atoms with Crippen molar-refractivity contribution in [3.8, 4) is 11.5 Å². The zero-order valence-electron chi connectivity index (χ0n) is 36.5. The third-order valence-corrected chi connectivity index (χ3v) is 14.9. The molecule has 4 aliphatic carbocycles. The van der Waals surface area contributed by atoms with E-state index in [0.29, 0.717) is 30.6 Å². The summed E-state index contributed by atoms with van der Waals surface area (Å²) in [6.45, 7) is 9.18. The number of carbonyl (C=O) groups is 4. The van der Waals surface area contributed by atoms with Crippen LogP contribution in [0.1, 0.15) is 128 Å². The summed E-state index contributed by atoms with van der Waals surface area (Å²) >= 11 is 0. The molecule has 60 heavy (non-hydrogen) atoms. The lowest BCUT2D eigenvalue weighted by Gasteiger charge is -2.63. The molecule has 15 nitrogen and oxygen atoms in total. The normalized spacial score (nSPS) is 31.1. The lowest BCUT2D eigenvalue weighted by atomic mass is 9.43. The van der Waals surface area contributed by atoms with Crippen LogP contribution in [0.5, 0.6) is 11.5 Å². The fraction of sp³-hybridized carbons (Fsp3) is 0.778. The summed E-state index contributed by atoms with van der Waals surface area (Å²) in [6, 6.07) is 1.61. The molecular weight excluding hydrogens is 773 g/mol. The summed E-state index contributed by atoms with van der Waals surface area (Å²) in [7, 11) is 1.32. The highest BCUT2D eigenvalue weighted by Gasteiger charge is 2.64. The van der Waals surface area contributed by atoms with Gasteiger partial charge < -0.3 is 56.4 Å². The van der Waals surface area contributed by atoms with Crippen molar-refractivity contribution < 1.29 is 53.4 Å². The van der Waals surface area contributed by atoms with Crippen LogP contribution >= 0.6 is 0 Å². The second-order valence-corrected chi connectivity index (χ2v) is 18.7. The van der Waals surface area contributed by atoms with E-state index in [9.17, 15) is 34.5 Å². The number of phenols is 1. The Kier molecular flexibility index (Phi) is 16.3. The Labute approximate surface area is 355 Å². The van der Waals surface area contributed by atoms with Crippen LogP contribution in [0.15, 0.2) is 12.1 Å². The van der Waals surface area contributed by atoms with E-state index in [-0.39, 0.29) is 79.1 Å². The molecule has 9 N–H and O–H groups in total. The largest absolute Gasteiger partial charge is 0.505 e. The van der Waals surface area contributed by atoms with Crippen molar-refractivity contribution in [3.05, 3.63) is 17.7 Å². The number of nitrogens with one attached hydrogen (secondary N) is 2. The summed E-state index contributed by atoms with van der Waals surface area (Å²) in [6.07, 6.45) is 11.4. The zero-order chi connectivity index (χ0) is 43.8. The maximum Gasteiger partial charge on any atom is 0.323 e. The number of hydrogen-bond acceptors (Lipinski definition) is 12. The van der Waals surface area contributed by atoms with E-state index in [1.54, 1.807) is 0 Å². The van der Waals surface area contributed by atoms with Crippen LogP contribution in [0.4, 0.5) is 5.69 Å². The number of benzene rings is 1. The summed E-state index contributed by atoms with van der Waals surface area (Å²) in [5, 5.41) is 38.2. The Morgan fingerprint density at radius 1 is 0.933 bits per heavy atom. The maximum atomic E-state index is 13.6. The van der Waals surface area contributed by atoms with E-state index in [1.165, 1.54) is 32.1 Å². The molecule has 0 saturated heterocycles. The Morgan fingerprint density at radius 2 is 1.65 bits per heavy atom. The van der Waals surface area contributed by atoms with E-state index in [0.717, 1.165) is 57.8 Å². The van der Waals surface area contributed by atoms with E-state index in [1.807, 2.05) is 0 Å². The van der Waals surface area contributed by atoms with Gasteiger partial charge in [0.25, 0.3) is 5.91 Å². The van der Waals surface area contributed by atoms with Crippen molar-refractivity contribution >= 4 is 29.4 Å². The molecule has 4 saturated carbocycles. The van der Waals surface area contributed by atoms with Crippen molar-refractivity contribution in [1.82, 2.24) is 5.32 Å². The fourth-order valence-electron chi connectivity index (χ4n) is 12.0. The molecule has 0 aromatic heterocycles. The number of esters is 1. The molecule has 11 unspecified atom stereocenters. The minimum absolute atomic E-state index is 0.00425. The number of primary amides is 1. The number of carbonyl (C=O) groups excluding carboxylic acids is 4. The molecular formula is C45H72N4O11. The molecule has 4 fully saturated rings. The number of aliphatic hydroxyl groups excluding tert-OH is 1. The second-order valence-electron chi connectivity index (χ2n) is 18.7. The van der Waals surface area contributed by atoms with Crippen LogP contribution in [0.3, 0.4) is 0 Å². The maximum absolute atomic E-state index is 13.6. The first kappa shape index (κ1) is 47.5. The number of aromatic hydroxyl groups is 1. The lowest BCUT2D eigenvalue weighted by Crippen LogP contribution is -2.60. The summed E-state index contributed by atoms with van der Waals surface area (Å²) in [4.78, 5) is 50.3. The number of nitrogens with two attached hydrogens (primary N) is 2. The van der Waals surface area contributed by atoms with Gasteiger partial charge in [0.1, 0.15) is 30.1 Å². The average Bonchev–Trinajstić information content (AvgIpc) is 3.57. The van der Waals surface area contributed by atoms with Crippen molar-refractivity contribution in [1.29, 1.82) is 0 Å². The number of methoxy groups -OCH3 is 1. The van der Waals surface area contributed by atoms with Gasteiger partial charge in [-0.15, -0.1) is 0 Å². The van der Waals surface area contributed by atoms with Crippen LogP contribution in [0, 0.1) is 40.4 Å². The first-order chi connectivity index (χ1) is 28.5. The molecule has 11 atom stereocenters. The van der Waals surface area contributed by atoms with Gasteiger partial charge in [0.2, 0.25) is 11.8 Å².